The lowest BCUT2D eigenvalue weighted by Crippen LogP contribution is -2.50. The van der Waals surface area contributed by atoms with Crippen LogP contribution in [0.3, 0.4) is 0 Å². The second-order valence-corrected chi connectivity index (χ2v) is 9.02. The highest BCUT2D eigenvalue weighted by atomic mass is 16.2. The summed E-state index contributed by atoms with van der Waals surface area (Å²) >= 11 is 0. The molecule has 0 bridgehead atoms. The number of amides is 3. The smallest absolute Gasteiger partial charge is 0.255 e. The van der Waals surface area contributed by atoms with Crippen LogP contribution in [0.1, 0.15) is 46.4 Å². The molecule has 0 spiro atoms. The first-order valence-corrected chi connectivity index (χ1v) is 11.3. The molecule has 174 valence electrons. The zero-order chi connectivity index (χ0) is 23.4. The summed E-state index contributed by atoms with van der Waals surface area (Å²) in [4.78, 5) is 49.3. The summed E-state index contributed by atoms with van der Waals surface area (Å²) < 4.78 is 0. The number of hydrogen-bond donors (Lipinski definition) is 2. The van der Waals surface area contributed by atoms with Crippen molar-refractivity contribution in [3.05, 3.63) is 54.1 Å². The van der Waals surface area contributed by atoms with Gasteiger partial charge in [0.25, 0.3) is 11.8 Å². The molecule has 2 aromatic rings. The van der Waals surface area contributed by atoms with E-state index in [-0.39, 0.29) is 17.7 Å². The summed E-state index contributed by atoms with van der Waals surface area (Å²) in [5.74, 6) is -0.102. The molecule has 9 heteroatoms. The molecule has 1 aromatic heterocycles. The van der Waals surface area contributed by atoms with E-state index in [0.29, 0.717) is 36.4 Å². The molecular formula is C24H30N6O3. The maximum Gasteiger partial charge on any atom is 0.255 e. The van der Waals surface area contributed by atoms with Crippen LogP contribution in [0.15, 0.2) is 43.0 Å². The predicted octanol–water partition coefficient (Wildman–Crippen LogP) is 1.47. The van der Waals surface area contributed by atoms with Gasteiger partial charge in [0, 0.05) is 51.8 Å². The topological polar surface area (TPSA) is 108 Å². The molecule has 0 unspecified atom stereocenters. The molecule has 2 fully saturated rings. The lowest BCUT2D eigenvalue weighted by Gasteiger charge is -2.35. The highest BCUT2D eigenvalue weighted by Crippen LogP contribution is 2.36. The number of rotatable bonds is 7. The number of carbonyl (C=O) groups is 3. The van der Waals surface area contributed by atoms with Gasteiger partial charge in [-0.2, -0.15) is 0 Å². The van der Waals surface area contributed by atoms with Crippen molar-refractivity contribution < 1.29 is 14.4 Å². The summed E-state index contributed by atoms with van der Waals surface area (Å²) in [6, 6.07) is 7.71. The van der Waals surface area contributed by atoms with Gasteiger partial charge < -0.3 is 20.4 Å². The lowest BCUT2D eigenvalue weighted by molar-refractivity contribution is -0.124. The molecule has 2 heterocycles. The van der Waals surface area contributed by atoms with Gasteiger partial charge in [0.1, 0.15) is 11.9 Å². The van der Waals surface area contributed by atoms with Crippen molar-refractivity contribution in [2.45, 2.75) is 31.2 Å². The van der Waals surface area contributed by atoms with E-state index in [2.05, 4.69) is 25.5 Å². The number of para-hydroxylation sites is 1. The molecule has 3 amide bonds. The fraction of sp³-hybridized carbons (Fsp3) is 0.458. The molecule has 1 aromatic carbocycles. The number of nitrogens with one attached hydrogen (secondary N) is 2. The fourth-order valence-electron chi connectivity index (χ4n) is 4.20. The quantitative estimate of drug-likeness (QED) is 0.662. The van der Waals surface area contributed by atoms with Crippen molar-refractivity contribution in [2.24, 2.45) is 5.92 Å². The van der Waals surface area contributed by atoms with E-state index in [9.17, 15) is 14.4 Å². The van der Waals surface area contributed by atoms with Gasteiger partial charge in [0.05, 0.1) is 11.1 Å². The molecule has 2 aliphatic rings. The van der Waals surface area contributed by atoms with Crippen LogP contribution in [0, 0.1) is 5.92 Å². The molecule has 4 rings (SSSR count). The number of anilines is 1. The highest BCUT2D eigenvalue weighted by Gasteiger charge is 2.51. The Morgan fingerprint density at radius 2 is 1.76 bits per heavy atom. The first kappa shape index (κ1) is 22.7. The molecule has 33 heavy (non-hydrogen) atoms. The van der Waals surface area contributed by atoms with Gasteiger partial charge in [-0.3, -0.25) is 14.4 Å². The molecular weight excluding hydrogens is 420 g/mol. The molecule has 1 saturated carbocycles. The van der Waals surface area contributed by atoms with Crippen LogP contribution in [0.25, 0.3) is 0 Å². The molecule has 1 aliphatic carbocycles. The third-order valence-corrected chi connectivity index (χ3v) is 6.41. The summed E-state index contributed by atoms with van der Waals surface area (Å²) in [6.07, 6.45) is 7.35. The minimum Gasteiger partial charge on any atom is -0.371 e. The minimum atomic E-state index is -0.820. The summed E-state index contributed by atoms with van der Waals surface area (Å²) in [5.41, 5.74) is 1.20. The average Bonchev–Trinajstić information content (AvgIpc) is 3.63. The van der Waals surface area contributed by atoms with Crippen molar-refractivity contribution in [1.29, 1.82) is 0 Å². The Morgan fingerprint density at radius 3 is 2.39 bits per heavy atom. The van der Waals surface area contributed by atoms with Gasteiger partial charge in [-0.1, -0.05) is 12.1 Å². The molecule has 1 aliphatic heterocycles. The van der Waals surface area contributed by atoms with E-state index in [1.54, 1.807) is 19.0 Å². The van der Waals surface area contributed by atoms with Crippen molar-refractivity contribution in [2.75, 3.05) is 38.6 Å². The Balaban J connectivity index is 1.28. The van der Waals surface area contributed by atoms with E-state index in [1.807, 2.05) is 24.3 Å². The van der Waals surface area contributed by atoms with Gasteiger partial charge in [0.15, 0.2) is 0 Å². The third-order valence-electron chi connectivity index (χ3n) is 6.41. The molecule has 2 N–H and O–H groups in total. The van der Waals surface area contributed by atoms with Crippen LogP contribution in [-0.2, 0) is 4.79 Å². The summed E-state index contributed by atoms with van der Waals surface area (Å²) in [6.45, 7) is 2.24. The van der Waals surface area contributed by atoms with Crippen LogP contribution >= 0.6 is 0 Å². The number of carbonyl (C=O) groups excluding carboxylic acids is 3. The monoisotopic (exact) mass is 450 g/mol. The Kier molecular flexibility index (Phi) is 6.57. The van der Waals surface area contributed by atoms with E-state index < -0.39 is 5.54 Å². The average molecular weight is 451 g/mol. The summed E-state index contributed by atoms with van der Waals surface area (Å²) in [5, 5.41) is 5.90. The van der Waals surface area contributed by atoms with Crippen LogP contribution in [0.5, 0.6) is 0 Å². The minimum absolute atomic E-state index is 0.00108. The first-order valence-electron chi connectivity index (χ1n) is 11.3. The summed E-state index contributed by atoms with van der Waals surface area (Å²) in [7, 11) is 3.52. The van der Waals surface area contributed by atoms with Gasteiger partial charge >= 0.3 is 0 Å². The Morgan fingerprint density at radius 1 is 1.09 bits per heavy atom. The highest BCUT2D eigenvalue weighted by molar-refractivity contribution is 6.00. The van der Waals surface area contributed by atoms with Gasteiger partial charge in [-0.25, -0.2) is 9.97 Å². The van der Waals surface area contributed by atoms with Crippen molar-refractivity contribution >= 4 is 23.4 Å². The second-order valence-electron chi connectivity index (χ2n) is 9.02. The van der Waals surface area contributed by atoms with Crippen LogP contribution < -0.4 is 15.5 Å². The molecule has 9 nitrogen and oxygen atoms in total. The second kappa shape index (κ2) is 9.56. The number of piperidine rings is 1. The molecule has 0 atom stereocenters. The van der Waals surface area contributed by atoms with E-state index in [4.69, 9.17) is 0 Å². The predicted molar refractivity (Wildman–Crippen MR) is 124 cm³/mol. The lowest BCUT2D eigenvalue weighted by atomic mass is 9.95. The SMILES string of the molecule is CN(C)C(=O)c1ccccc1N1CCC(CNC(=O)C2(NC(=O)c3cncnc3)CC2)CC1. The number of benzene rings is 1. The normalized spacial score (nSPS) is 17.2. The standard InChI is InChI=1S/C24H30N6O3/c1-29(2)22(32)19-5-3-4-6-20(19)30-11-7-17(8-12-30)13-27-23(33)24(9-10-24)28-21(31)18-14-25-16-26-15-18/h3-6,14-17H,7-13H2,1-2H3,(H,27,33)(H,28,31). The third kappa shape index (κ3) is 5.13. The van der Waals surface area contributed by atoms with Crippen molar-refractivity contribution in [3.8, 4) is 0 Å². The zero-order valence-electron chi connectivity index (χ0n) is 19.1. The molecule has 1 saturated heterocycles. The van der Waals surface area contributed by atoms with Crippen LogP contribution in [0.2, 0.25) is 0 Å². The number of aromatic nitrogens is 2. The largest absolute Gasteiger partial charge is 0.371 e. The van der Waals surface area contributed by atoms with Crippen LogP contribution in [-0.4, -0.2) is 71.9 Å². The van der Waals surface area contributed by atoms with E-state index in [0.717, 1.165) is 31.6 Å². The van der Waals surface area contributed by atoms with E-state index in [1.165, 1.54) is 18.7 Å². The zero-order valence-corrected chi connectivity index (χ0v) is 19.1. The maximum atomic E-state index is 12.8. The Bertz CT molecular complexity index is 1010. The number of nitrogens with zero attached hydrogens (tertiary/aromatic N) is 4. The van der Waals surface area contributed by atoms with Crippen LogP contribution in [0.4, 0.5) is 5.69 Å². The first-order chi connectivity index (χ1) is 15.9. The molecule has 0 radical (unpaired) electrons. The number of hydrogen-bond acceptors (Lipinski definition) is 6. The maximum absolute atomic E-state index is 12.8. The van der Waals surface area contributed by atoms with Gasteiger partial charge in [-0.05, 0) is 43.7 Å². The van der Waals surface area contributed by atoms with Gasteiger partial charge in [0.2, 0.25) is 5.91 Å². The Hall–Kier alpha value is -3.49. The van der Waals surface area contributed by atoms with Crippen molar-refractivity contribution in [3.63, 3.8) is 0 Å². The Labute approximate surface area is 193 Å². The van der Waals surface area contributed by atoms with E-state index >= 15 is 0 Å². The fourth-order valence-corrected chi connectivity index (χ4v) is 4.20. The van der Waals surface area contributed by atoms with Gasteiger partial charge in [-0.15, -0.1) is 0 Å². The van der Waals surface area contributed by atoms with Crippen molar-refractivity contribution in [1.82, 2.24) is 25.5 Å².